The lowest BCUT2D eigenvalue weighted by molar-refractivity contribution is -0.122. The largest absolute Gasteiger partial charge is 0.352 e. The van der Waals surface area contributed by atoms with Crippen molar-refractivity contribution in [3.63, 3.8) is 0 Å². The van der Waals surface area contributed by atoms with Crippen LogP contribution < -0.4 is 10.6 Å². The Hall–Kier alpha value is -0.570. The lowest BCUT2D eigenvalue weighted by Gasteiger charge is -2.16. The van der Waals surface area contributed by atoms with Crippen molar-refractivity contribution in [1.29, 1.82) is 0 Å². The Balaban J connectivity index is 1.87. The highest BCUT2D eigenvalue weighted by molar-refractivity contribution is 5.76. The van der Waals surface area contributed by atoms with E-state index in [1.54, 1.807) is 0 Å². The van der Waals surface area contributed by atoms with Crippen molar-refractivity contribution in [3.05, 3.63) is 0 Å². The van der Waals surface area contributed by atoms with E-state index < -0.39 is 0 Å². The molecule has 3 nitrogen and oxygen atoms in total. The molecule has 1 heterocycles. The third-order valence-corrected chi connectivity index (χ3v) is 4.37. The van der Waals surface area contributed by atoms with Crippen LogP contribution in [0.2, 0.25) is 0 Å². The Morgan fingerprint density at radius 3 is 2.15 bits per heavy atom. The molecule has 3 heteroatoms. The standard InChI is InChI=1S/C17H34N2O/c1-3-4-5-6-7-8-9-10-11-12-17(20)19-16-14-18-13-15(16)2/h15-16,18H,3-14H2,1-2H3,(H,19,20). The van der Waals surface area contributed by atoms with Gasteiger partial charge in [-0.2, -0.15) is 0 Å². The molecule has 0 aliphatic carbocycles. The maximum Gasteiger partial charge on any atom is 0.220 e. The van der Waals surface area contributed by atoms with Gasteiger partial charge in [-0.25, -0.2) is 0 Å². The second-order valence-electron chi connectivity index (χ2n) is 6.39. The molecule has 0 aromatic rings. The molecule has 1 fully saturated rings. The predicted octanol–water partition coefficient (Wildman–Crippen LogP) is 3.63. The van der Waals surface area contributed by atoms with Crippen molar-refractivity contribution in [1.82, 2.24) is 10.6 Å². The summed E-state index contributed by atoms with van der Waals surface area (Å²) < 4.78 is 0. The van der Waals surface area contributed by atoms with E-state index in [2.05, 4.69) is 24.5 Å². The number of amides is 1. The van der Waals surface area contributed by atoms with E-state index in [9.17, 15) is 4.79 Å². The number of hydrogen-bond donors (Lipinski definition) is 2. The van der Waals surface area contributed by atoms with Crippen molar-refractivity contribution in [3.8, 4) is 0 Å². The molecule has 2 unspecified atom stereocenters. The maximum absolute atomic E-state index is 11.8. The van der Waals surface area contributed by atoms with Crippen LogP contribution in [-0.2, 0) is 4.79 Å². The van der Waals surface area contributed by atoms with Gasteiger partial charge >= 0.3 is 0 Å². The zero-order chi connectivity index (χ0) is 14.6. The lowest BCUT2D eigenvalue weighted by atomic mass is 10.0. The van der Waals surface area contributed by atoms with Gasteiger partial charge in [0, 0.05) is 19.0 Å². The van der Waals surface area contributed by atoms with Gasteiger partial charge in [-0.05, 0) is 18.9 Å². The van der Waals surface area contributed by atoms with Gasteiger partial charge in [0.05, 0.1) is 0 Å². The van der Waals surface area contributed by atoms with E-state index in [1.165, 1.54) is 51.4 Å². The number of unbranched alkanes of at least 4 members (excludes halogenated alkanes) is 8. The Kier molecular flexibility index (Phi) is 9.73. The minimum atomic E-state index is 0.244. The molecule has 2 N–H and O–H groups in total. The monoisotopic (exact) mass is 282 g/mol. The average Bonchev–Trinajstić information content (AvgIpc) is 2.82. The van der Waals surface area contributed by atoms with E-state index in [-0.39, 0.29) is 5.91 Å². The summed E-state index contributed by atoms with van der Waals surface area (Å²) in [6.45, 7) is 6.42. The fourth-order valence-corrected chi connectivity index (χ4v) is 2.88. The minimum Gasteiger partial charge on any atom is -0.352 e. The average molecular weight is 282 g/mol. The molecule has 118 valence electrons. The lowest BCUT2D eigenvalue weighted by Crippen LogP contribution is -2.39. The summed E-state index contributed by atoms with van der Waals surface area (Å²) in [5.41, 5.74) is 0. The highest BCUT2D eigenvalue weighted by Gasteiger charge is 2.23. The third-order valence-electron chi connectivity index (χ3n) is 4.37. The second kappa shape index (κ2) is 11.1. The van der Waals surface area contributed by atoms with E-state index >= 15 is 0 Å². The number of nitrogens with one attached hydrogen (secondary N) is 2. The Labute approximate surface area is 125 Å². The first-order valence-electron chi connectivity index (χ1n) is 8.74. The van der Waals surface area contributed by atoms with Crippen LogP contribution in [0.5, 0.6) is 0 Å². The van der Waals surface area contributed by atoms with Crippen LogP contribution in [0, 0.1) is 5.92 Å². The summed E-state index contributed by atoms with van der Waals surface area (Å²) in [5.74, 6) is 0.815. The van der Waals surface area contributed by atoms with E-state index in [0.717, 1.165) is 19.5 Å². The molecular formula is C17H34N2O. The zero-order valence-electron chi connectivity index (χ0n) is 13.5. The number of carbonyl (C=O) groups is 1. The van der Waals surface area contributed by atoms with E-state index in [0.29, 0.717) is 18.4 Å². The summed E-state index contributed by atoms with van der Waals surface area (Å²) >= 11 is 0. The van der Waals surface area contributed by atoms with Gasteiger partial charge in [-0.1, -0.05) is 65.2 Å². The number of hydrogen-bond acceptors (Lipinski definition) is 2. The van der Waals surface area contributed by atoms with Gasteiger partial charge in [-0.3, -0.25) is 4.79 Å². The first kappa shape index (κ1) is 17.5. The summed E-state index contributed by atoms with van der Waals surface area (Å²) in [6.07, 6.45) is 12.5. The Bertz CT molecular complexity index is 255. The SMILES string of the molecule is CCCCCCCCCCCC(=O)NC1CNCC1C. The van der Waals surface area contributed by atoms with Crippen molar-refractivity contribution in [2.75, 3.05) is 13.1 Å². The molecule has 2 atom stereocenters. The molecule has 0 saturated carbocycles. The fraction of sp³-hybridized carbons (Fsp3) is 0.941. The summed E-state index contributed by atoms with van der Waals surface area (Å²) in [4.78, 5) is 11.8. The second-order valence-corrected chi connectivity index (χ2v) is 6.39. The molecule has 1 rings (SSSR count). The minimum absolute atomic E-state index is 0.244. The third kappa shape index (κ3) is 7.88. The highest BCUT2D eigenvalue weighted by atomic mass is 16.1. The molecule has 0 bridgehead atoms. The van der Waals surface area contributed by atoms with Crippen LogP contribution in [-0.4, -0.2) is 25.0 Å². The van der Waals surface area contributed by atoms with Gasteiger partial charge in [0.15, 0.2) is 0 Å². The quantitative estimate of drug-likeness (QED) is 0.568. The maximum atomic E-state index is 11.8. The molecule has 1 amide bonds. The van der Waals surface area contributed by atoms with E-state index in [1.807, 2.05) is 0 Å². The van der Waals surface area contributed by atoms with Gasteiger partial charge in [0.2, 0.25) is 5.91 Å². The molecule has 0 radical (unpaired) electrons. The molecule has 1 saturated heterocycles. The van der Waals surface area contributed by atoms with Gasteiger partial charge in [-0.15, -0.1) is 0 Å². The molecule has 20 heavy (non-hydrogen) atoms. The van der Waals surface area contributed by atoms with Gasteiger partial charge in [0.1, 0.15) is 0 Å². The van der Waals surface area contributed by atoms with Crippen molar-refractivity contribution >= 4 is 5.91 Å². The van der Waals surface area contributed by atoms with Crippen LogP contribution in [0.4, 0.5) is 0 Å². The molecule has 0 aromatic heterocycles. The van der Waals surface area contributed by atoms with Crippen LogP contribution >= 0.6 is 0 Å². The van der Waals surface area contributed by atoms with Crippen LogP contribution in [0.15, 0.2) is 0 Å². The van der Waals surface area contributed by atoms with Crippen LogP contribution in [0.3, 0.4) is 0 Å². The molecule has 1 aliphatic rings. The van der Waals surface area contributed by atoms with Crippen molar-refractivity contribution < 1.29 is 4.79 Å². The highest BCUT2D eigenvalue weighted by Crippen LogP contribution is 2.11. The normalized spacial score (nSPS) is 22.1. The summed E-state index contributed by atoms with van der Waals surface area (Å²) in [5, 5.41) is 6.47. The summed E-state index contributed by atoms with van der Waals surface area (Å²) in [7, 11) is 0. The Morgan fingerprint density at radius 2 is 1.60 bits per heavy atom. The van der Waals surface area contributed by atoms with Gasteiger partial charge < -0.3 is 10.6 Å². The van der Waals surface area contributed by atoms with E-state index in [4.69, 9.17) is 0 Å². The molecule has 1 aliphatic heterocycles. The van der Waals surface area contributed by atoms with Crippen molar-refractivity contribution in [2.24, 2.45) is 5.92 Å². The Morgan fingerprint density at radius 1 is 1.00 bits per heavy atom. The first-order valence-corrected chi connectivity index (χ1v) is 8.74. The first-order chi connectivity index (χ1) is 9.74. The molecule has 0 spiro atoms. The van der Waals surface area contributed by atoms with Crippen LogP contribution in [0.25, 0.3) is 0 Å². The molecule has 0 aromatic carbocycles. The zero-order valence-corrected chi connectivity index (χ0v) is 13.5. The number of rotatable bonds is 11. The fourth-order valence-electron chi connectivity index (χ4n) is 2.88. The summed E-state index contributed by atoms with van der Waals surface area (Å²) in [6, 6.07) is 0.348. The number of carbonyl (C=O) groups excluding carboxylic acids is 1. The van der Waals surface area contributed by atoms with Crippen molar-refractivity contribution in [2.45, 2.75) is 84.1 Å². The smallest absolute Gasteiger partial charge is 0.220 e. The topological polar surface area (TPSA) is 41.1 Å². The van der Waals surface area contributed by atoms with Crippen LogP contribution in [0.1, 0.15) is 78.1 Å². The van der Waals surface area contributed by atoms with Gasteiger partial charge in [0.25, 0.3) is 0 Å². The predicted molar refractivity (Wildman–Crippen MR) is 85.8 cm³/mol. The molecular weight excluding hydrogens is 248 g/mol.